The quantitative estimate of drug-likeness (QED) is 0.166. The van der Waals surface area contributed by atoms with Crippen molar-refractivity contribution in [3.63, 3.8) is 0 Å². The smallest absolute Gasteiger partial charge is 0.0132 e. The normalized spacial score (nSPS) is 10.3. The summed E-state index contributed by atoms with van der Waals surface area (Å²) in [7, 11) is 0. The molecule has 0 unspecified atom stereocenters. The second-order valence-electron chi connectivity index (χ2n) is 19.6. The van der Waals surface area contributed by atoms with E-state index in [1.807, 2.05) is 18.2 Å². The van der Waals surface area contributed by atoms with Crippen LogP contribution in [0, 0.1) is 62.3 Å². The van der Waals surface area contributed by atoms with Gasteiger partial charge in [0.2, 0.25) is 0 Å². The lowest BCUT2D eigenvalue weighted by molar-refractivity contribution is 0.590. The Labute approximate surface area is 428 Å². The second kappa shape index (κ2) is 27.6. The summed E-state index contributed by atoms with van der Waals surface area (Å²) in [6, 6.07) is 85.0. The third-order valence-corrected chi connectivity index (χ3v) is 12.5. The van der Waals surface area contributed by atoms with E-state index in [1.165, 1.54) is 99.8 Å². The van der Waals surface area contributed by atoms with Gasteiger partial charge in [-0.3, -0.25) is 0 Å². The lowest BCUT2D eigenvalue weighted by atomic mass is 9.87. The number of hydrogen-bond donors (Lipinski definition) is 0. The number of benzene rings is 10. The van der Waals surface area contributed by atoms with E-state index in [1.54, 1.807) is 0 Å². The summed E-state index contributed by atoms with van der Waals surface area (Å²) in [5.41, 5.74) is 21.7. The first-order chi connectivity index (χ1) is 34.1. The standard InChI is InChI=1S/3C13H12.C11H10.C11H16.C10H14/c1-11-7-5-6-10-13(11)12-8-3-2-4-9-12;1-11-6-5-9-13(10-11)12-7-3-2-4-8-12;1-11-7-9-13(10-8-11)12-5-3-2-4-6-12;1-9-5-4-7-10-6-2-3-8-11(9)10;1-9-5-7-10(8-6-9)11(2,3)4;1-7-5-8(2)10(4)9(3)6-7/h3*2-10H,1H3;2-8H,1H3;5-8H,1-4H3;5-6H,1-4H3. The van der Waals surface area contributed by atoms with Crippen molar-refractivity contribution in [2.75, 3.05) is 0 Å². The van der Waals surface area contributed by atoms with Crippen LogP contribution in [0.3, 0.4) is 0 Å². The van der Waals surface area contributed by atoms with Crippen molar-refractivity contribution in [3.8, 4) is 33.4 Å². The van der Waals surface area contributed by atoms with Gasteiger partial charge in [-0.25, -0.2) is 0 Å². The predicted molar refractivity (Wildman–Crippen MR) is 314 cm³/mol. The summed E-state index contributed by atoms with van der Waals surface area (Å²) in [5, 5.41) is 2.68. The van der Waals surface area contributed by atoms with Crippen LogP contribution in [-0.2, 0) is 5.41 Å². The summed E-state index contributed by atoms with van der Waals surface area (Å²) >= 11 is 0. The highest BCUT2D eigenvalue weighted by Crippen LogP contribution is 2.24. The van der Waals surface area contributed by atoms with Crippen molar-refractivity contribution in [2.24, 2.45) is 0 Å². The van der Waals surface area contributed by atoms with Crippen LogP contribution in [0.25, 0.3) is 44.2 Å². The molecule has 0 saturated carbocycles. The van der Waals surface area contributed by atoms with Gasteiger partial charge in [0.25, 0.3) is 0 Å². The van der Waals surface area contributed by atoms with Crippen LogP contribution in [0.4, 0.5) is 0 Å². The van der Waals surface area contributed by atoms with Gasteiger partial charge in [0.1, 0.15) is 0 Å². The molecule has 71 heavy (non-hydrogen) atoms. The molecule has 10 rings (SSSR count). The molecule has 0 saturated heterocycles. The molecule has 360 valence electrons. The van der Waals surface area contributed by atoms with Gasteiger partial charge in [-0.15, -0.1) is 0 Å². The lowest BCUT2D eigenvalue weighted by Gasteiger charge is -2.18. The van der Waals surface area contributed by atoms with E-state index in [9.17, 15) is 0 Å². The Morgan fingerprint density at radius 3 is 1.18 bits per heavy atom. The zero-order valence-electron chi connectivity index (χ0n) is 44.6. The van der Waals surface area contributed by atoms with E-state index in [0.29, 0.717) is 0 Å². The Balaban J connectivity index is 0.000000159. The summed E-state index contributed by atoms with van der Waals surface area (Å²) in [6.07, 6.45) is 0. The van der Waals surface area contributed by atoms with Gasteiger partial charge in [-0.05, 0) is 145 Å². The summed E-state index contributed by atoms with van der Waals surface area (Å²) < 4.78 is 0. The van der Waals surface area contributed by atoms with Gasteiger partial charge < -0.3 is 0 Å². The highest BCUT2D eigenvalue weighted by atomic mass is 14.2. The molecule has 0 atom stereocenters. The minimum absolute atomic E-state index is 0.285. The van der Waals surface area contributed by atoms with E-state index in [4.69, 9.17) is 0 Å². The molecule has 0 aliphatic carbocycles. The molecule has 10 aromatic carbocycles. The molecule has 0 nitrogen and oxygen atoms in total. The SMILES string of the molecule is Cc1cc(C)c(C)c(C)c1.Cc1ccc(-c2ccccc2)cc1.Cc1ccc(C(C)(C)C)cc1.Cc1cccc(-c2ccccc2)c1.Cc1cccc2ccccc12.Cc1ccccc1-c1ccccc1. The van der Waals surface area contributed by atoms with E-state index < -0.39 is 0 Å². The molecule has 0 fully saturated rings. The van der Waals surface area contributed by atoms with Crippen molar-refractivity contribution in [1.82, 2.24) is 0 Å². The highest BCUT2D eigenvalue weighted by molar-refractivity contribution is 5.85. The van der Waals surface area contributed by atoms with Crippen LogP contribution in [0.5, 0.6) is 0 Å². The summed E-state index contributed by atoms with van der Waals surface area (Å²) in [4.78, 5) is 0. The fourth-order valence-electron chi connectivity index (χ4n) is 8.04. The summed E-state index contributed by atoms with van der Waals surface area (Å²) in [5.74, 6) is 0. The molecule has 0 heterocycles. The fourth-order valence-corrected chi connectivity index (χ4v) is 8.04. The van der Waals surface area contributed by atoms with Gasteiger partial charge in [0.05, 0.1) is 0 Å². The Morgan fingerprint density at radius 1 is 0.254 bits per heavy atom. The predicted octanol–water partition coefficient (Wildman–Crippen LogP) is 20.3. The first kappa shape index (κ1) is 54.4. The average Bonchev–Trinajstić information content (AvgIpc) is 3.38. The van der Waals surface area contributed by atoms with Crippen LogP contribution in [0.2, 0.25) is 0 Å². The Kier molecular flexibility index (Phi) is 21.1. The molecule has 0 heteroatoms. The maximum absolute atomic E-state index is 2.23. The first-order valence-corrected chi connectivity index (χ1v) is 25.0. The van der Waals surface area contributed by atoms with E-state index in [0.717, 1.165) is 0 Å². The highest BCUT2D eigenvalue weighted by Gasteiger charge is 2.12. The van der Waals surface area contributed by atoms with E-state index in [2.05, 4.69) is 308 Å². The van der Waals surface area contributed by atoms with Gasteiger partial charge in [-0.2, -0.15) is 0 Å². The van der Waals surface area contributed by atoms with Crippen LogP contribution in [0.1, 0.15) is 76.4 Å². The molecular weight excluding hydrogens is 853 g/mol. The fraction of sp³-hybridized carbons (Fsp3) is 0.183. The minimum atomic E-state index is 0.285. The molecule has 0 amide bonds. The molecule has 0 bridgehead atoms. The van der Waals surface area contributed by atoms with Gasteiger partial charge in [0, 0.05) is 0 Å². The minimum Gasteiger partial charge on any atom is -0.0622 e. The molecule has 0 spiro atoms. The zero-order valence-corrected chi connectivity index (χ0v) is 44.6. The Morgan fingerprint density at radius 2 is 0.662 bits per heavy atom. The molecule has 0 radical (unpaired) electrons. The number of fused-ring (bicyclic) bond motifs is 1. The lowest BCUT2D eigenvalue weighted by Crippen LogP contribution is -2.10. The molecule has 0 aliphatic heterocycles. The van der Waals surface area contributed by atoms with Gasteiger partial charge in [0.15, 0.2) is 0 Å². The Bertz CT molecular complexity index is 3070. The number of hydrogen-bond acceptors (Lipinski definition) is 0. The zero-order chi connectivity index (χ0) is 51.2. The molecule has 0 aromatic heterocycles. The number of rotatable bonds is 3. The average molecular weight is 929 g/mol. The molecule has 0 aliphatic rings. The van der Waals surface area contributed by atoms with Crippen LogP contribution >= 0.6 is 0 Å². The van der Waals surface area contributed by atoms with Crippen molar-refractivity contribution in [3.05, 3.63) is 298 Å². The van der Waals surface area contributed by atoms with Crippen LogP contribution in [0.15, 0.2) is 243 Å². The van der Waals surface area contributed by atoms with Crippen LogP contribution in [-0.4, -0.2) is 0 Å². The van der Waals surface area contributed by atoms with E-state index in [-0.39, 0.29) is 5.41 Å². The molecule has 0 N–H and O–H groups in total. The maximum Gasteiger partial charge on any atom is -0.0132 e. The van der Waals surface area contributed by atoms with Crippen molar-refractivity contribution in [2.45, 2.75) is 88.5 Å². The van der Waals surface area contributed by atoms with Crippen molar-refractivity contribution < 1.29 is 0 Å². The molecule has 10 aromatic rings. The van der Waals surface area contributed by atoms with Crippen molar-refractivity contribution >= 4 is 10.8 Å². The first-order valence-electron chi connectivity index (χ1n) is 25.0. The number of aryl methyl sites for hydroxylation is 8. The topological polar surface area (TPSA) is 0 Å². The van der Waals surface area contributed by atoms with Gasteiger partial charge >= 0.3 is 0 Å². The summed E-state index contributed by atoms with van der Waals surface area (Å²) in [6.45, 7) is 26.0. The largest absolute Gasteiger partial charge is 0.0622 e. The third kappa shape index (κ3) is 18.1. The van der Waals surface area contributed by atoms with E-state index >= 15 is 0 Å². The molecular formula is C71H76. The third-order valence-electron chi connectivity index (χ3n) is 12.5. The Hall–Kier alpha value is -7.54. The van der Waals surface area contributed by atoms with Gasteiger partial charge in [-0.1, -0.05) is 286 Å². The maximum atomic E-state index is 2.23. The van der Waals surface area contributed by atoms with Crippen LogP contribution < -0.4 is 0 Å². The monoisotopic (exact) mass is 929 g/mol. The van der Waals surface area contributed by atoms with Crippen molar-refractivity contribution in [1.29, 1.82) is 0 Å². The second-order valence-corrected chi connectivity index (χ2v) is 19.6.